The standard InChI is InChI=1S/C12H13N7O2/c1-5(14-10(20)9-17-11(13)19-18-9)6-2-3-7-8(4-6)16-12(21)15-7/h2-5H,1H3,(H,14,20)(H2,15,16,21)(H3,13,17,18,19). The number of nitrogen functional groups attached to an aromatic ring is 1. The second-order valence-corrected chi connectivity index (χ2v) is 4.62. The molecular formula is C12H13N7O2. The maximum absolute atomic E-state index is 11.9. The van der Waals surface area contributed by atoms with Crippen molar-refractivity contribution in [2.24, 2.45) is 0 Å². The van der Waals surface area contributed by atoms with Gasteiger partial charge < -0.3 is 21.0 Å². The van der Waals surface area contributed by atoms with Crippen molar-refractivity contribution in [1.82, 2.24) is 30.5 Å². The lowest BCUT2D eigenvalue weighted by Gasteiger charge is -2.13. The van der Waals surface area contributed by atoms with E-state index in [1.165, 1.54) is 0 Å². The summed E-state index contributed by atoms with van der Waals surface area (Å²) >= 11 is 0. The first kappa shape index (κ1) is 12.9. The van der Waals surface area contributed by atoms with E-state index in [1.807, 2.05) is 13.0 Å². The number of amides is 1. The van der Waals surface area contributed by atoms with Gasteiger partial charge in [0.15, 0.2) is 0 Å². The molecule has 6 N–H and O–H groups in total. The van der Waals surface area contributed by atoms with Crippen molar-refractivity contribution in [3.05, 3.63) is 40.1 Å². The van der Waals surface area contributed by atoms with Gasteiger partial charge in [0.1, 0.15) is 0 Å². The fourth-order valence-corrected chi connectivity index (χ4v) is 2.04. The number of nitrogens with one attached hydrogen (secondary N) is 4. The number of nitrogens with zero attached hydrogens (tertiary/aromatic N) is 2. The molecule has 0 radical (unpaired) electrons. The fourth-order valence-electron chi connectivity index (χ4n) is 2.04. The van der Waals surface area contributed by atoms with E-state index in [4.69, 9.17) is 5.73 Å². The molecule has 0 saturated carbocycles. The highest BCUT2D eigenvalue weighted by Gasteiger charge is 2.15. The fraction of sp³-hybridized carbons (Fsp3) is 0.167. The predicted molar refractivity (Wildman–Crippen MR) is 75.6 cm³/mol. The average Bonchev–Trinajstić information content (AvgIpc) is 3.02. The number of hydrogen-bond acceptors (Lipinski definition) is 5. The van der Waals surface area contributed by atoms with E-state index in [9.17, 15) is 9.59 Å². The summed E-state index contributed by atoms with van der Waals surface area (Å²) in [7, 11) is 0. The van der Waals surface area contributed by atoms with E-state index in [1.54, 1.807) is 12.1 Å². The lowest BCUT2D eigenvalue weighted by Crippen LogP contribution is -2.27. The van der Waals surface area contributed by atoms with Gasteiger partial charge >= 0.3 is 5.69 Å². The van der Waals surface area contributed by atoms with E-state index in [0.29, 0.717) is 11.0 Å². The van der Waals surface area contributed by atoms with Crippen LogP contribution >= 0.6 is 0 Å². The van der Waals surface area contributed by atoms with E-state index in [2.05, 4.69) is 30.5 Å². The number of carbonyl (C=O) groups excluding carboxylic acids is 1. The van der Waals surface area contributed by atoms with Crippen molar-refractivity contribution in [3.63, 3.8) is 0 Å². The van der Waals surface area contributed by atoms with Crippen molar-refractivity contribution in [1.29, 1.82) is 0 Å². The molecular weight excluding hydrogens is 274 g/mol. The second-order valence-electron chi connectivity index (χ2n) is 4.62. The molecule has 2 heterocycles. The van der Waals surface area contributed by atoms with Crippen LogP contribution in [0.3, 0.4) is 0 Å². The highest BCUT2D eigenvalue weighted by atomic mass is 16.2. The number of aromatic amines is 3. The Morgan fingerprint density at radius 3 is 2.81 bits per heavy atom. The molecule has 108 valence electrons. The monoisotopic (exact) mass is 287 g/mol. The van der Waals surface area contributed by atoms with Gasteiger partial charge in [0, 0.05) is 0 Å². The SMILES string of the molecule is CC(NC(=O)c1nc(N)n[nH]1)c1ccc2[nH]c(=O)[nH]c2c1. The highest BCUT2D eigenvalue weighted by Crippen LogP contribution is 2.17. The van der Waals surface area contributed by atoms with E-state index in [-0.39, 0.29) is 23.5 Å². The Bertz CT molecular complexity index is 860. The summed E-state index contributed by atoms with van der Waals surface area (Å²) in [4.78, 5) is 32.3. The third-order valence-corrected chi connectivity index (χ3v) is 3.11. The van der Waals surface area contributed by atoms with Crippen LogP contribution in [0.4, 0.5) is 5.95 Å². The van der Waals surface area contributed by atoms with Crippen LogP contribution in [0.2, 0.25) is 0 Å². The molecule has 2 aromatic heterocycles. The normalized spacial score (nSPS) is 12.4. The first-order valence-electron chi connectivity index (χ1n) is 6.23. The average molecular weight is 287 g/mol. The number of H-pyrrole nitrogens is 3. The number of nitrogens with two attached hydrogens (primary N) is 1. The van der Waals surface area contributed by atoms with Crippen LogP contribution in [-0.2, 0) is 0 Å². The molecule has 3 rings (SSSR count). The lowest BCUT2D eigenvalue weighted by atomic mass is 10.1. The Balaban J connectivity index is 1.81. The maximum atomic E-state index is 11.9. The molecule has 0 spiro atoms. The van der Waals surface area contributed by atoms with Gasteiger partial charge in [-0.25, -0.2) is 4.79 Å². The van der Waals surface area contributed by atoms with Crippen molar-refractivity contribution in [2.75, 3.05) is 5.73 Å². The Morgan fingerprint density at radius 2 is 2.10 bits per heavy atom. The van der Waals surface area contributed by atoms with Crippen molar-refractivity contribution >= 4 is 22.9 Å². The molecule has 9 heteroatoms. The van der Waals surface area contributed by atoms with Gasteiger partial charge in [0.05, 0.1) is 17.1 Å². The van der Waals surface area contributed by atoms with Gasteiger partial charge in [-0.15, -0.1) is 5.10 Å². The molecule has 1 atom stereocenters. The van der Waals surface area contributed by atoms with Crippen molar-refractivity contribution in [2.45, 2.75) is 13.0 Å². The first-order valence-corrected chi connectivity index (χ1v) is 6.23. The number of imidazole rings is 1. The predicted octanol–water partition coefficient (Wildman–Crippen LogP) is 0.0475. The minimum Gasteiger partial charge on any atom is -0.366 e. The summed E-state index contributed by atoms with van der Waals surface area (Å²) in [5.41, 5.74) is 7.33. The number of carbonyl (C=O) groups is 1. The molecule has 0 bridgehead atoms. The Hall–Kier alpha value is -3.10. The summed E-state index contributed by atoms with van der Waals surface area (Å²) in [6.45, 7) is 1.82. The molecule has 1 aromatic carbocycles. The minimum absolute atomic E-state index is 0.0131. The second kappa shape index (κ2) is 4.78. The van der Waals surface area contributed by atoms with E-state index in [0.717, 1.165) is 5.56 Å². The van der Waals surface area contributed by atoms with Crippen LogP contribution in [0.1, 0.15) is 29.1 Å². The quantitative estimate of drug-likeness (QED) is 0.462. The lowest BCUT2D eigenvalue weighted by molar-refractivity contribution is 0.0930. The van der Waals surface area contributed by atoms with Crippen molar-refractivity contribution < 1.29 is 4.79 Å². The highest BCUT2D eigenvalue weighted by molar-refractivity contribution is 5.91. The number of anilines is 1. The number of benzene rings is 1. The first-order chi connectivity index (χ1) is 10.0. The zero-order valence-corrected chi connectivity index (χ0v) is 11.1. The third-order valence-electron chi connectivity index (χ3n) is 3.11. The van der Waals surface area contributed by atoms with Crippen LogP contribution in [0.15, 0.2) is 23.0 Å². The van der Waals surface area contributed by atoms with E-state index < -0.39 is 5.91 Å². The molecule has 21 heavy (non-hydrogen) atoms. The molecule has 0 aliphatic heterocycles. The maximum Gasteiger partial charge on any atom is 0.323 e. The van der Waals surface area contributed by atoms with Gasteiger partial charge in [-0.2, -0.15) is 4.98 Å². The number of aromatic nitrogens is 5. The Labute approximate surface area is 118 Å². The summed E-state index contributed by atoms with van der Waals surface area (Å²) in [6.07, 6.45) is 0. The third kappa shape index (κ3) is 2.48. The Morgan fingerprint density at radius 1 is 1.33 bits per heavy atom. The van der Waals surface area contributed by atoms with Crippen LogP contribution in [0.25, 0.3) is 11.0 Å². The number of hydrogen-bond donors (Lipinski definition) is 5. The topological polar surface area (TPSA) is 145 Å². The summed E-state index contributed by atoms with van der Waals surface area (Å²) in [5.74, 6) is -0.344. The van der Waals surface area contributed by atoms with Gasteiger partial charge in [-0.05, 0) is 24.6 Å². The van der Waals surface area contributed by atoms with E-state index >= 15 is 0 Å². The molecule has 0 fully saturated rings. The van der Waals surface area contributed by atoms with Crippen LogP contribution < -0.4 is 16.7 Å². The molecule has 1 unspecified atom stereocenters. The summed E-state index contributed by atoms with van der Waals surface area (Å²) < 4.78 is 0. The van der Waals surface area contributed by atoms with Gasteiger partial charge in [0.2, 0.25) is 11.8 Å². The molecule has 1 amide bonds. The van der Waals surface area contributed by atoms with Gasteiger partial charge in [-0.1, -0.05) is 6.07 Å². The zero-order valence-electron chi connectivity index (χ0n) is 11.1. The summed E-state index contributed by atoms with van der Waals surface area (Å²) in [6, 6.07) is 5.13. The van der Waals surface area contributed by atoms with Gasteiger partial charge in [0.25, 0.3) is 5.91 Å². The molecule has 0 saturated heterocycles. The molecule has 3 aromatic rings. The van der Waals surface area contributed by atoms with Crippen LogP contribution in [0, 0.1) is 0 Å². The molecule has 9 nitrogen and oxygen atoms in total. The number of fused-ring (bicyclic) bond motifs is 1. The van der Waals surface area contributed by atoms with Crippen LogP contribution in [0.5, 0.6) is 0 Å². The van der Waals surface area contributed by atoms with Crippen molar-refractivity contribution in [3.8, 4) is 0 Å². The number of rotatable bonds is 3. The van der Waals surface area contributed by atoms with Gasteiger partial charge in [-0.3, -0.25) is 9.89 Å². The smallest absolute Gasteiger partial charge is 0.323 e. The van der Waals surface area contributed by atoms with Crippen LogP contribution in [-0.4, -0.2) is 31.1 Å². The minimum atomic E-state index is -0.408. The summed E-state index contributed by atoms with van der Waals surface area (Å²) in [5, 5.41) is 8.81. The molecule has 0 aliphatic carbocycles. The molecule has 0 aliphatic rings. The Kier molecular flexibility index (Phi) is 2.94. The zero-order chi connectivity index (χ0) is 15.0. The largest absolute Gasteiger partial charge is 0.366 e.